The van der Waals surface area contributed by atoms with Gasteiger partial charge in [-0.3, -0.25) is 4.79 Å². The minimum Gasteiger partial charge on any atom is -0.493 e. The highest BCUT2D eigenvalue weighted by Gasteiger charge is 2.42. The van der Waals surface area contributed by atoms with E-state index in [2.05, 4.69) is 5.32 Å². The Bertz CT molecular complexity index is 1480. The number of dihydropyridines is 1. The molecule has 0 fully saturated rings. The number of ketones is 1. The van der Waals surface area contributed by atoms with E-state index < -0.39 is 11.9 Å². The number of carbonyl (C=O) groups is 2. The lowest BCUT2D eigenvalue weighted by Gasteiger charge is -2.37. The van der Waals surface area contributed by atoms with Crippen LogP contribution in [0.25, 0.3) is 0 Å². The summed E-state index contributed by atoms with van der Waals surface area (Å²) in [7, 11) is 3.13. The molecule has 0 amide bonds. The van der Waals surface area contributed by atoms with Crippen LogP contribution in [0.2, 0.25) is 5.02 Å². The quantitative estimate of drug-likeness (QED) is 0.318. The molecule has 5 rings (SSSR count). The van der Waals surface area contributed by atoms with E-state index in [1.54, 1.807) is 20.3 Å². The second-order valence-corrected chi connectivity index (χ2v) is 10.5. The molecule has 0 bridgehead atoms. The third-order valence-electron chi connectivity index (χ3n) is 7.60. The van der Waals surface area contributed by atoms with E-state index in [0.717, 1.165) is 16.8 Å². The minimum atomic E-state index is -0.663. The Morgan fingerprint density at radius 3 is 2.40 bits per heavy atom. The van der Waals surface area contributed by atoms with E-state index in [4.69, 9.17) is 25.8 Å². The number of allylic oxidation sites excluding steroid dienone is 3. The standard InChI is InChI=1S/C33H32ClNO5/c1-20-29(33(37)40-17-16-21-8-5-4-6-9-21)30(25-10-7-11-28(38-2)32(25)39-3)31-26(35-20)18-23(19-27(31)36)22-12-14-24(34)15-13-22/h4-15,23,30,35H,16-19H2,1-3H3/t23-,30+/m1/s1. The first-order valence-electron chi connectivity index (χ1n) is 13.3. The van der Waals surface area contributed by atoms with Crippen molar-refractivity contribution >= 4 is 23.4 Å². The zero-order chi connectivity index (χ0) is 28.2. The summed E-state index contributed by atoms with van der Waals surface area (Å²) < 4.78 is 17.1. The largest absolute Gasteiger partial charge is 0.493 e. The Hall–Kier alpha value is -4.03. The van der Waals surface area contributed by atoms with Gasteiger partial charge in [0, 0.05) is 40.4 Å². The molecule has 0 saturated carbocycles. The van der Waals surface area contributed by atoms with Crippen molar-refractivity contribution in [3.05, 3.63) is 117 Å². The third kappa shape index (κ3) is 5.50. The topological polar surface area (TPSA) is 73.9 Å². The molecular weight excluding hydrogens is 526 g/mol. The van der Waals surface area contributed by atoms with Crippen LogP contribution in [0.4, 0.5) is 0 Å². The summed E-state index contributed by atoms with van der Waals surface area (Å²) in [5, 5.41) is 4.06. The summed E-state index contributed by atoms with van der Waals surface area (Å²) in [6.45, 7) is 2.08. The number of ether oxygens (including phenoxy) is 3. The molecule has 0 spiro atoms. The van der Waals surface area contributed by atoms with Crippen LogP contribution in [-0.2, 0) is 20.7 Å². The van der Waals surface area contributed by atoms with Crippen molar-refractivity contribution in [2.24, 2.45) is 0 Å². The lowest BCUT2D eigenvalue weighted by molar-refractivity contribution is -0.139. The molecule has 1 N–H and O–H groups in total. The third-order valence-corrected chi connectivity index (χ3v) is 7.85. The number of esters is 1. The van der Waals surface area contributed by atoms with Gasteiger partial charge in [0.15, 0.2) is 17.3 Å². The summed E-state index contributed by atoms with van der Waals surface area (Å²) in [5.41, 5.74) is 5.24. The number of halogens is 1. The summed E-state index contributed by atoms with van der Waals surface area (Å²) >= 11 is 6.11. The van der Waals surface area contributed by atoms with Gasteiger partial charge in [0.05, 0.1) is 32.3 Å². The number of benzene rings is 3. The average Bonchev–Trinajstić information content (AvgIpc) is 2.96. The summed E-state index contributed by atoms with van der Waals surface area (Å²) in [6, 6.07) is 23.0. The molecule has 1 aliphatic carbocycles. The van der Waals surface area contributed by atoms with Crippen molar-refractivity contribution < 1.29 is 23.8 Å². The van der Waals surface area contributed by atoms with Crippen molar-refractivity contribution in [2.45, 2.75) is 38.0 Å². The van der Waals surface area contributed by atoms with Gasteiger partial charge in [-0.1, -0.05) is 66.2 Å². The number of carbonyl (C=O) groups excluding carboxylic acids is 2. The van der Waals surface area contributed by atoms with Gasteiger partial charge in [0.2, 0.25) is 0 Å². The monoisotopic (exact) mass is 557 g/mol. The summed E-state index contributed by atoms with van der Waals surface area (Å²) in [5.74, 6) is -0.142. The van der Waals surface area contributed by atoms with E-state index in [1.165, 1.54) is 0 Å². The predicted molar refractivity (Wildman–Crippen MR) is 155 cm³/mol. The Morgan fingerprint density at radius 1 is 0.950 bits per heavy atom. The number of Topliss-reactive ketones (excluding diaryl/α,β-unsaturated/α-hetero) is 1. The summed E-state index contributed by atoms with van der Waals surface area (Å²) in [4.78, 5) is 27.6. The lowest BCUT2D eigenvalue weighted by Crippen LogP contribution is -2.36. The number of hydrogen-bond acceptors (Lipinski definition) is 6. The van der Waals surface area contributed by atoms with Gasteiger partial charge in [-0.25, -0.2) is 4.79 Å². The molecule has 0 aromatic heterocycles. The van der Waals surface area contributed by atoms with Gasteiger partial charge < -0.3 is 19.5 Å². The van der Waals surface area contributed by atoms with Crippen molar-refractivity contribution in [2.75, 3.05) is 20.8 Å². The molecule has 2 aliphatic rings. The highest BCUT2D eigenvalue weighted by Crippen LogP contribution is 2.49. The maximum absolute atomic E-state index is 13.9. The molecule has 3 aromatic carbocycles. The molecule has 0 saturated heterocycles. The SMILES string of the molecule is COc1cccc([C@H]2C(C(=O)OCCc3ccccc3)=C(C)NC3=C2C(=O)C[C@H](c2ccc(Cl)cc2)C3)c1OC. The van der Waals surface area contributed by atoms with Gasteiger partial charge in [-0.2, -0.15) is 0 Å². The molecule has 0 radical (unpaired) electrons. The Morgan fingerprint density at radius 2 is 1.70 bits per heavy atom. The zero-order valence-electron chi connectivity index (χ0n) is 22.8. The number of rotatable bonds is 8. The number of para-hydroxylation sites is 1. The van der Waals surface area contributed by atoms with Gasteiger partial charge in [0.1, 0.15) is 0 Å². The number of hydrogen-bond donors (Lipinski definition) is 1. The minimum absolute atomic E-state index is 0.00366. The fraction of sp³-hybridized carbons (Fsp3) is 0.273. The van der Waals surface area contributed by atoms with Crippen LogP contribution < -0.4 is 14.8 Å². The van der Waals surface area contributed by atoms with E-state index in [1.807, 2.05) is 73.7 Å². The van der Waals surface area contributed by atoms with Crippen LogP contribution in [0.1, 0.15) is 48.3 Å². The van der Waals surface area contributed by atoms with Crippen LogP contribution in [0.5, 0.6) is 11.5 Å². The molecule has 206 valence electrons. The first-order valence-corrected chi connectivity index (χ1v) is 13.7. The highest BCUT2D eigenvalue weighted by molar-refractivity contribution is 6.30. The fourth-order valence-electron chi connectivity index (χ4n) is 5.71. The summed E-state index contributed by atoms with van der Waals surface area (Å²) in [6.07, 6.45) is 1.54. The molecule has 40 heavy (non-hydrogen) atoms. The highest BCUT2D eigenvalue weighted by atomic mass is 35.5. The van der Waals surface area contributed by atoms with E-state index >= 15 is 0 Å². The molecular formula is C33H32ClNO5. The maximum atomic E-state index is 13.9. The van der Waals surface area contributed by atoms with E-state index in [-0.39, 0.29) is 18.3 Å². The molecule has 7 heteroatoms. The maximum Gasteiger partial charge on any atom is 0.336 e. The lowest BCUT2D eigenvalue weighted by atomic mass is 9.71. The van der Waals surface area contributed by atoms with Crippen molar-refractivity contribution in [3.8, 4) is 11.5 Å². The van der Waals surface area contributed by atoms with Crippen LogP contribution in [-0.4, -0.2) is 32.6 Å². The molecule has 6 nitrogen and oxygen atoms in total. The Labute approximate surface area is 239 Å². The number of methoxy groups -OCH3 is 2. The van der Waals surface area contributed by atoms with E-state index in [0.29, 0.717) is 58.2 Å². The van der Waals surface area contributed by atoms with Gasteiger partial charge in [0.25, 0.3) is 0 Å². The second kappa shape index (κ2) is 12.0. The van der Waals surface area contributed by atoms with Crippen LogP contribution in [0.15, 0.2) is 95.3 Å². The van der Waals surface area contributed by atoms with Crippen LogP contribution in [0.3, 0.4) is 0 Å². The van der Waals surface area contributed by atoms with Crippen LogP contribution >= 0.6 is 11.6 Å². The van der Waals surface area contributed by atoms with Gasteiger partial charge in [-0.15, -0.1) is 0 Å². The van der Waals surface area contributed by atoms with Crippen molar-refractivity contribution in [1.29, 1.82) is 0 Å². The smallest absolute Gasteiger partial charge is 0.336 e. The zero-order valence-corrected chi connectivity index (χ0v) is 23.6. The van der Waals surface area contributed by atoms with Crippen LogP contribution in [0, 0.1) is 0 Å². The average molecular weight is 558 g/mol. The molecule has 3 aromatic rings. The van der Waals surface area contributed by atoms with Crippen molar-refractivity contribution in [1.82, 2.24) is 5.32 Å². The molecule has 0 unspecified atom stereocenters. The molecule has 1 heterocycles. The fourth-order valence-corrected chi connectivity index (χ4v) is 5.84. The normalized spacial score (nSPS) is 18.6. The first-order chi connectivity index (χ1) is 19.4. The van der Waals surface area contributed by atoms with E-state index in [9.17, 15) is 9.59 Å². The first kappa shape index (κ1) is 27.5. The predicted octanol–water partition coefficient (Wildman–Crippen LogP) is 6.50. The Balaban J connectivity index is 1.53. The van der Waals surface area contributed by atoms with Gasteiger partial charge in [-0.05, 0) is 48.6 Å². The van der Waals surface area contributed by atoms with Gasteiger partial charge >= 0.3 is 5.97 Å². The molecule has 1 aliphatic heterocycles. The second-order valence-electron chi connectivity index (χ2n) is 10.0. The van der Waals surface area contributed by atoms with Crippen molar-refractivity contribution in [3.63, 3.8) is 0 Å². The number of nitrogens with one attached hydrogen (secondary N) is 1. The Kier molecular flexibility index (Phi) is 8.27. The molecule has 2 atom stereocenters.